The predicted molar refractivity (Wildman–Crippen MR) is 96.0 cm³/mol. The fraction of sp³-hybridized carbons (Fsp3) is 0.556. The molecule has 23 heavy (non-hydrogen) atoms. The minimum Gasteiger partial charge on any atom is -0.337 e. The molecule has 1 saturated carbocycles. The van der Waals surface area contributed by atoms with Crippen molar-refractivity contribution in [3.63, 3.8) is 0 Å². The Labute approximate surface area is 146 Å². The van der Waals surface area contributed by atoms with E-state index in [-0.39, 0.29) is 5.91 Å². The Hall–Kier alpha value is -1.36. The normalized spacial score (nSPS) is 16.0. The number of fused-ring (bicyclic) bond motifs is 1. The molecule has 3 rings (SSSR count). The molecule has 0 unspecified atom stereocenters. The summed E-state index contributed by atoms with van der Waals surface area (Å²) >= 11 is 3.58. The van der Waals surface area contributed by atoms with Crippen LogP contribution < -0.4 is 0 Å². The molecule has 1 aliphatic carbocycles. The third kappa shape index (κ3) is 3.03. The van der Waals surface area contributed by atoms with Crippen LogP contribution in [-0.2, 0) is 6.42 Å². The Morgan fingerprint density at radius 3 is 2.74 bits per heavy atom. The van der Waals surface area contributed by atoms with Crippen molar-refractivity contribution in [3.05, 3.63) is 33.7 Å². The number of halogens is 1. The predicted octanol–water partition coefficient (Wildman–Crippen LogP) is 4.37. The zero-order valence-corrected chi connectivity index (χ0v) is 15.7. The molecule has 0 N–H and O–H groups in total. The van der Waals surface area contributed by atoms with Crippen molar-refractivity contribution in [1.29, 1.82) is 0 Å². The number of rotatable bonds is 3. The summed E-state index contributed by atoms with van der Waals surface area (Å²) in [5.74, 6) is 0.0961. The van der Waals surface area contributed by atoms with Crippen molar-refractivity contribution in [2.45, 2.75) is 58.4 Å². The van der Waals surface area contributed by atoms with Crippen LogP contribution in [0, 0.1) is 6.92 Å². The lowest BCUT2D eigenvalue weighted by Gasteiger charge is -2.31. The van der Waals surface area contributed by atoms with Crippen molar-refractivity contribution >= 4 is 27.5 Å². The second-order valence-electron chi connectivity index (χ2n) is 6.53. The van der Waals surface area contributed by atoms with Crippen molar-refractivity contribution < 1.29 is 4.79 Å². The van der Waals surface area contributed by atoms with Gasteiger partial charge in [-0.2, -0.15) is 0 Å². The van der Waals surface area contributed by atoms with Gasteiger partial charge in [0.15, 0.2) is 5.65 Å². The molecule has 2 aromatic rings. The van der Waals surface area contributed by atoms with E-state index in [1.54, 1.807) is 0 Å². The van der Waals surface area contributed by atoms with Gasteiger partial charge in [-0.25, -0.2) is 4.98 Å². The van der Waals surface area contributed by atoms with Crippen molar-refractivity contribution in [3.8, 4) is 0 Å². The lowest BCUT2D eigenvalue weighted by atomic mass is 9.94. The maximum atomic E-state index is 13.2. The molecule has 1 aliphatic rings. The SMILES string of the molecule is CCc1nc2c(Br)cc(C)cn2c1C(=O)N(C)C1CCCCC1. The van der Waals surface area contributed by atoms with Crippen LogP contribution >= 0.6 is 15.9 Å². The van der Waals surface area contributed by atoms with Gasteiger partial charge in [-0.15, -0.1) is 0 Å². The molecule has 0 aliphatic heterocycles. The number of hydrogen-bond donors (Lipinski definition) is 0. The van der Waals surface area contributed by atoms with E-state index in [9.17, 15) is 4.79 Å². The van der Waals surface area contributed by atoms with E-state index in [0.717, 1.165) is 46.3 Å². The molecule has 0 spiro atoms. The van der Waals surface area contributed by atoms with E-state index in [0.29, 0.717) is 6.04 Å². The van der Waals surface area contributed by atoms with Crippen LogP contribution in [-0.4, -0.2) is 33.3 Å². The van der Waals surface area contributed by atoms with Crippen LogP contribution in [0.15, 0.2) is 16.7 Å². The average Bonchev–Trinajstić information content (AvgIpc) is 2.93. The standard InChI is InChI=1S/C18H24BrN3O/c1-4-15-16(18(23)21(3)13-8-6-5-7-9-13)22-11-12(2)10-14(19)17(22)20-15/h10-11,13H,4-9H2,1-3H3. The number of hydrogen-bond acceptors (Lipinski definition) is 2. The van der Waals surface area contributed by atoms with Crippen molar-refractivity contribution in [2.24, 2.45) is 0 Å². The zero-order chi connectivity index (χ0) is 16.6. The van der Waals surface area contributed by atoms with Gasteiger partial charge in [0.05, 0.1) is 10.2 Å². The lowest BCUT2D eigenvalue weighted by molar-refractivity contribution is 0.0688. The van der Waals surface area contributed by atoms with Gasteiger partial charge in [0.2, 0.25) is 0 Å². The summed E-state index contributed by atoms with van der Waals surface area (Å²) in [5.41, 5.74) is 3.54. The Balaban J connectivity index is 2.05. The molecule has 124 valence electrons. The van der Waals surface area contributed by atoms with Crippen molar-refractivity contribution in [2.75, 3.05) is 7.05 Å². The maximum Gasteiger partial charge on any atom is 0.272 e. The molecular formula is C18H24BrN3O. The second kappa shape index (κ2) is 6.63. The van der Waals surface area contributed by atoms with Crippen LogP contribution in [0.1, 0.15) is 60.8 Å². The molecule has 0 saturated heterocycles. The van der Waals surface area contributed by atoms with Gasteiger partial charge >= 0.3 is 0 Å². The van der Waals surface area contributed by atoms with E-state index in [2.05, 4.69) is 27.8 Å². The summed E-state index contributed by atoms with van der Waals surface area (Å²) in [4.78, 5) is 19.8. The number of amides is 1. The monoisotopic (exact) mass is 377 g/mol. The summed E-state index contributed by atoms with van der Waals surface area (Å²) in [6.45, 7) is 4.09. The summed E-state index contributed by atoms with van der Waals surface area (Å²) in [6, 6.07) is 2.40. The number of aromatic nitrogens is 2. The van der Waals surface area contributed by atoms with Crippen LogP contribution in [0.4, 0.5) is 0 Å². The first kappa shape index (κ1) is 16.5. The molecule has 2 heterocycles. The summed E-state index contributed by atoms with van der Waals surface area (Å²) in [6.07, 6.45) is 8.73. The van der Waals surface area contributed by atoms with Gasteiger partial charge < -0.3 is 4.90 Å². The number of nitrogens with zero attached hydrogens (tertiary/aromatic N) is 3. The van der Waals surface area contributed by atoms with Gasteiger partial charge in [0.25, 0.3) is 5.91 Å². The Morgan fingerprint density at radius 1 is 1.39 bits per heavy atom. The van der Waals surface area contributed by atoms with E-state index >= 15 is 0 Å². The minimum absolute atomic E-state index is 0.0961. The van der Waals surface area contributed by atoms with Crippen LogP contribution in [0.25, 0.3) is 5.65 Å². The smallest absolute Gasteiger partial charge is 0.272 e. The molecule has 0 radical (unpaired) electrons. The van der Waals surface area contributed by atoms with Gasteiger partial charge in [0.1, 0.15) is 5.69 Å². The summed E-state index contributed by atoms with van der Waals surface area (Å²) < 4.78 is 2.89. The quantitative estimate of drug-likeness (QED) is 0.795. The number of carbonyl (C=O) groups is 1. The Morgan fingerprint density at radius 2 is 2.09 bits per heavy atom. The molecule has 2 aromatic heterocycles. The lowest BCUT2D eigenvalue weighted by Crippen LogP contribution is -2.39. The molecule has 0 aromatic carbocycles. The molecule has 4 nitrogen and oxygen atoms in total. The van der Waals surface area contributed by atoms with E-state index in [1.807, 2.05) is 35.5 Å². The fourth-order valence-corrected chi connectivity index (χ4v) is 4.19. The molecule has 0 atom stereocenters. The van der Waals surface area contributed by atoms with E-state index in [4.69, 9.17) is 0 Å². The number of aryl methyl sites for hydroxylation is 2. The molecule has 1 amide bonds. The van der Waals surface area contributed by atoms with Crippen molar-refractivity contribution in [1.82, 2.24) is 14.3 Å². The average molecular weight is 378 g/mol. The molecular weight excluding hydrogens is 354 g/mol. The van der Waals surface area contributed by atoms with Gasteiger partial charge in [-0.3, -0.25) is 9.20 Å². The van der Waals surface area contributed by atoms with Crippen LogP contribution in [0.5, 0.6) is 0 Å². The first-order valence-corrected chi connectivity index (χ1v) is 9.26. The van der Waals surface area contributed by atoms with Crippen LogP contribution in [0.2, 0.25) is 0 Å². The number of imidazole rings is 1. The van der Waals surface area contributed by atoms with E-state index in [1.165, 1.54) is 19.3 Å². The fourth-order valence-electron chi connectivity index (χ4n) is 3.55. The van der Waals surface area contributed by atoms with Gasteiger partial charge in [-0.05, 0) is 53.7 Å². The molecule has 1 fully saturated rings. The third-order valence-corrected chi connectivity index (χ3v) is 5.45. The minimum atomic E-state index is 0.0961. The number of pyridine rings is 1. The topological polar surface area (TPSA) is 37.6 Å². The third-order valence-electron chi connectivity index (χ3n) is 4.86. The highest BCUT2D eigenvalue weighted by Crippen LogP contribution is 2.26. The highest BCUT2D eigenvalue weighted by atomic mass is 79.9. The van der Waals surface area contributed by atoms with Crippen LogP contribution in [0.3, 0.4) is 0 Å². The first-order chi connectivity index (χ1) is 11.0. The maximum absolute atomic E-state index is 13.2. The zero-order valence-electron chi connectivity index (χ0n) is 14.1. The summed E-state index contributed by atoms with van der Waals surface area (Å²) in [5, 5.41) is 0. The number of carbonyl (C=O) groups excluding carboxylic acids is 1. The summed E-state index contributed by atoms with van der Waals surface area (Å²) in [7, 11) is 1.95. The second-order valence-corrected chi connectivity index (χ2v) is 7.38. The van der Waals surface area contributed by atoms with Gasteiger partial charge in [-0.1, -0.05) is 26.2 Å². The Kier molecular flexibility index (Phi) is 4.76. The highest BCUT2D eigenvalue weighted by Gasteiger charge is 2.27. The first-order valence-electron chi connectivity index (χ1n) is 8.47. The molecule has 0 bridgehead atoms. The Bertz CT molecular complexity index is 731. The highest BCUT2D eigenvalue weighted by molar-refractivity contribution is 9.10. The van der Waals surface area contributed by atoms with E-state index < -0.39 is 0 Å². The molecule has 5 heteroatoms. The largest absolute Gasteiger partial charge is 0.337 e. The van der Waals surface area contributed by atoms with Gasteiger partial charge in [0, 0.05) is 19.3 Å².